The maximum atomic E-state index is 11.7. The summed E-state index contributed by atoms with van der Waals surface area (Å²) in [5.74, 6) is 0.937. The van der Waals surface area contributed by atoms with Gasteiger partial charge in [0.25, 0.3) is 0 Å². The quantitative estimate of drug-likeness (QED) is 0.769. The molecule has 1 amide bonds. The molecule has 0 spiro atoms. The van der Waals surface area contributed by atoms with Crippen LogP contribution >= 0.6 is 15.9 Å². The van der Waals surface area contributed by atoms with Gasteiger partial charge < -0.3 is 4.74 Å². The Kier molecular flexibility index (Phi) is 3.09. The van der Waals surface area contributed by atoms with E-state index in [9.17, 15) is 4.79 Å². The van der Waals surface area contributed by atoms with Crippen LogP contribution in [0.15, 0.2) is 6.07 Å². The predicted molar refractivity (Wildman–Crippen MR) is 63.0 cm³/mol. The molecular formula is C10H12BrN3O2. The molecule has 0 bridgehead atoms. The van der Waals surface area contributed by atoms with E-state index in [4.69, 9.17) is 4.74 Å². The van der Waals surface area contributed by atoms with Gasteiger partial charge in [-0.05, 0) is 6.92 Å². The van der Waals surface area contributed by atoms with Crippen LogP contribution in [-0.4, -0.2) is 34.4 Å². The Morgan fingerprint density at radius 2 is 2.31 bits per heavy atom. The molecule has 6 heteroatoms. The van der Waals surface area contributed by atoms with Gasteiger partial charge in [-0.1, -0.05) is 15.9 Å². The van der Waals surface area contributed by atoms with E-state index in [1.54, 1.807) is 18.1 Å². The van der Waals surface area contributed by atoms with Crippen LogP contribution in [0.5, 0.6) is 5.88 Å². The molecule has 5 nitrogen and oxygen atoms in total. The molecule has 2 rings (SSSR count). The number of methoxy groups -OCH3 is 1. The zero-order chi connectivity index (χ0) is 11.7. The third-order valence-corrected chi connectivity index (χ3v) is 2.96. The number of carbonyl (C=O) groups excluding carboxylic acids is 1. The van der Waals surface area contributed by atoms with Crippen molar-refractivity contribution in [3.8, 4) is 5.88 Å². The second-order valence-corrected chi connectivity index (χ2v) is 4.95. The number of rotatable bonds is 2. The van der Waals surface area contributed by atoms with Gasteiger partial charge in [-0.25, -0.2) is 4.98 Å². The van der Waals surface area contributed by atoms with Crippen molar-refractivity contribution in [2.75, 3.05) is 18.6 Å². The largest absolute Gasteiger partial charge is 0.481 e. The molecule has 1 aromatic rings. The molecular weight excluding hydrogens is 274 g/mol. The van der Waals surface area contributed by atoms with Crippen molar-refractivity contribution in [2.24, 2.45) is 0 Å². The fourth-order valence-electron chi connectivity index (χ4n) is 1.61. The van der Waals surface area contributed by atoms with Crippen LogP contribution in [-0.2, 0) is 4.79 Å². The van der Waals surface area contributed by atoms with Crippen LogP contribution in [0.3, 0.4) is 0 Å². The number of aryl methyl sites for hydroxylation is 1. The van der Waals surface area contributed by atoms with E-state index in [2.05, 4.69) is 25.9 Å². The van der Waals surface area contributed by atoms with Crippen LogP contribution in [0, 0.1) is 6.92 Å². The Morgan fingerprint density at radius 3 is 2.88 bits per heavy atom. The van der Waals surface area contributed by atoms with Gasteiger partial charge in [0.15, 0.2) is 0 Å². The number of hydrogen-bond donors (Lipinski definition) is 0. The highest BCUT2D eigenvalue weighted by Gasteiger charge is 2.30. The molecule has 16 heavy (non-hydrogen) atoms. The van der Waals surface area contributed by atoms with Gasteiger partial charge in [0.05, 0.1) is 7.11 Å². The van der Waals surface area contributed by atoms with Crippen molar-refractivity contribution in [2.45, 2.75) is 18.2 Å². The smallest absolute Gasteiger partial charge is 0.235 e. The molecule has 0 N–H and O–H groups in total. The number of carbonyl (C=O) groups is 1. The minimum Gasteiger partial charge on any atom is -0.481 e. The average Bonchev–Trinajstić information content (AvgIpc) is 2.57. The highest BCUT2D eigenvalue weighted by Crippen LogP contribution is 2.24. The monoisotopic (exact) mass is 285 g/mol. The van der Waals surface area contributed by atoms with Crippen molar-refractivity contribution >= 4 is 27.8 Å². The molecule has 86 valence electrons. The summed E-state index contributed by atoms with van der Waals surface area (Å²) in [5.41, 5.74) is 0.785. The minimum atomic E-state index is 0.0366. The summed E-state index contributed by atoms with van der Waals surface area (Å²) < 4.78 is 5.06. The highest BCUT2D eigenvalue weighted by molar-refractivity contribution is 9.09. The number of alkyl halides is 1. The second-order valence-electron chi connectivity index (χ2n) is 3.66. The molecule has 2 heterocycles. The minimum absolute atomic E-state index is 0.0366. The molecule has 0 saturated carbocycles. The molecule has 0 aliphatic carbocycles. The van der Waals surface area contributed by atoms with Crippen LogP contribution in [0.25, 0.3) is 0 Å². The van der Waals surface area contributed by atoms with E-state index in [0.717, 1.165) is 5.69 Å². The van der Waals surface area contributed by atoms with Gasteiger partial charge in [-0.2, -0.15) is 4.98 Å². The fraction of sp³-hybridized carbons (Fsp3) is 0.500. The number of aromatic nitrogens is 2. The van der Waals surface area contributed by atoms with Crippen molar-refractivity contribution in [3.05, 3.63) is 11.8 Å². The fourth-order valence-corrected chi connectivity index (χ4v) is 2.17. The van der Waals surface area contributed by atoms with Gasteiger partial charge in [0.2, 0.25) is 17.7 Å². The third kappa shape index (κ3) is 2.16. The van der Waals surface area contributed by atoms with Gasteiger partial charge >= 0.3 is 0 Å². The lowest BCUT2D eigenvalue weighted by atomic mass is 10.4. The molecule has 0 radical (unpaired) electrons. The Balaban J connectivity index is 2.33. The Hall–Kier alpha value is -1.17. The normalized spacial score (nSPS) is 20.3. The number of nitrogens with zero attached hydrogens (tertiary/aromatic N) is 3. The molecule has 1 aromatic heterocycles. The second kappa shape index (κ2) is 4.37. The maximum Gasteiger partial charge on any atom is 0.235 e. The van der Waals surface area contributed by atoms with E-state index in [1.807, 2.05) is 6.92 Å². The molecule has 1 atom stereocenters. The van der Waals surface area contributed by atoms with Crippen molar-refractivity contribution in [1.29, 1.82) is 0 Å². The summed E-state index contributed by atoms with van der Waals surface area (Å²) >= 11 is 3.42. The highest BCUT2D eigenvalue weighted by atomic mass is 79.9. The Morgan fingerprint density at radius 1 is 1.56 bits per heavy atom. The number of halogens is 1. The van der Waals surface area contributed by atoms with Gasteiger partial charge in [0, 0.05) is 29.6 Å². The standard InChI is InChI=1S/C10H12BrN3O2/c1-6-3-8(16-2)13-10(12-6)14-5-7(11)4-9(14)15/h3,7H,4-5H2,1-2H3. The van der Waals surface area contributed by atoms with Gasteiger partial charge in [-0.3, -0.25) is 9.69 Å². The Bertz CT molecular complexity index is 425. The van der Waals surface area contributed by atoms with Crippen LogP contribution in [0.1, 0.15) is 12.1 Å². The SMILES string of the molecule is COc1cc(C)nc(N2CC(Br)CC2=O)n1. The number of hydrogen-bond acceptors (Lipinski definition) is 4. The first-order chi connectivity index (χ1) is 7.60. The summed E-state index contributed by atoms with van der Waals surface area (Å²) in [5, 5.41) is 0. The van der Waals surface area contributed by atoms with Gasteiger partial charge in [-0.15, -0.1) is 0 Å². The van der Waals surface area contributed by atoms with E-state index in [1.165, 1.54) is 0 Å². The van der Waals surface area contributed by atoms with Crippen molar-refractivity contribution in [3.63, 3.8) is 0 Å². The third-order valence-electron chi connectivity index (χ3n) is 2.35. The molecule has 0 aromatic carbocycles. The lowest BCUT2D eigenvalue weighted by Gasteiger charge is -2.14. The van der Waals surface area contributed by atoms with E-state index in [0.29, 0.717) is 24.8 Å². The first kappa shape index (κ1) is 11.3. The maximum absolute atomic E-state index is 11.7. The van der Waals surface area contributed by atoms with E-state index < -0.39 is 0 Å². The van der Waals surface area contributed by atoms with Crippen molar-refractivity contribution in [1.82, 2.24) is 9.97 Å². The first-order valence-corrected chi connectivity index (χ1v) is 5.86. The average molecular weight is 286 g/mol. The summed E-state index contributed by atoms with van der Waals surface area (Å²) in [6, 6.07) is 1.73. The molecule has 1 aliphatic heterocycles. The summed E-state index contributed by atoms with van der Waals surface area (Å²) in [6.07, 6.45) is 0.486. The van der Waals surface area contributed by atoms with Crippen LogP contribution in [0.4, 0.5) is 5.95 Å². The number of amides is 1. The topological polar surface area (TPSA) is 55.3 Å². The molecule has 1 saturated heterocycles. The molecule has 1 fully saturated rings. The van der Waals surface area contributed by atoms with Crippen molar-refractivity contribution < 1.29 is 9.53 Å². The lowest BCUT2D eigenvalue weighted by molar-refractivity contribution is -0.117. The van der Waals surface area contributed by atoms with Crippen LogP contribution in [0.2, 0.25) is 0 Å². The summed E-state index contributed by atoms with van der Waals surface area (Å²) in [7, 11) is 1.55. The van der Waals surface area contributed by atoms with E-state index in [-0.39, 0.29) is 10.7 Å². The van der Waals surface area contributed by atoms with Crippen LogP contribution < -0.4 is 9.64 Å². The van der Waals surface area contributed by atoms with E-state index >= 15 is 0 Å². The lowest BCUT2D eigenvalue weighted by Crippen LogP contribution is -2.27. The zero-order valence-corrected chi connectivity index (χ0v) is 10.7. The zero-order valence-electron chi connectivity index (χ0n) is 9.11. The predicted octanol–water partition coefficient (Wildman–Crippen LogP) is 1.29. The van der Waals surface area contributed by atoms with Gasteiger partial charge in [0.1, 0.15) is 0 Å². The first-order valence-electron chi connectivity index (χ1n) is 4.94. The molecule has 1 aliphatic rings. The number of ether oxygens (including phenoxy) is 1. The number of anilines is 1. The molecule has 1 unspecified atom stereocenters. The summed E-state index contributed by atoms with van der Waals surface area (Å²) in [4.78, 5) is 21.8. The Labute approximate surface area is 102 Å². The summed E-state index contributed by atoms with van der Waals surface area (Å²) in [6.45, 7) is 2.45.